The van der Waals surface area contributed by atoms with E-state index in [1.165, 1.54) is 12.1 Å². The van der Waals surface area contributed by atoms with E-state index in [4.69, 9.17) is 0 Å². The van der Waals surface area contributed by atoms with Gasteiger partial charge in [-0.05, 0) is 42.8 Å². The number of thioether (sulfide) groups is 1. The van der Waals surface area contributed by atoms with Gasteiger partial charge in [0.2, 0.25) is 0 Å². The van der Waals surface area contributed by atoms with Crippen LogP contribution in [0.5, 0.6) is 0 Å². The van der Waals surface area contributed by atoms with Crippen LogP contribution < -0.4 is 5.32 Å². The molecule has 4 nitrogen and oxygen atoms in total. The molecule has 1 aromatic heterocycles. The highest BCUT2D eigenvalue weighted by molar-refractivity contribution is 7.98. The minimum absolute atomic E-state index is 0.192. The third kappa shape index (κ3) is 5.62. The van der Waals surface area contributed by atoms with Crippen LogP contribution in [0.1, 0.15) is 31.7 Å². The summed E-state index contributed by atoms with van der Waals surface area (Å²) in [5, 5.41) is 13.0. The van der Waals surface area contributed by atoms with Crippen LogP contribution in [0.15, 0.2) is 29.4 Å². The number of aryl methyl sites for hydroxylation is 1. The third-order valence-corrected chi connectivity index (χ3v) is 4.19. The van der Waals surface area contributed by atoms with E-state index < -0.39 is 0 Å². The Morgan fingerprint density at radius 2 is 1.96 bits per heavy atom. The molecule has 126 valence electrons. The van der Waals surface area contributed by atoms with E-state index >= 15 is 0 Å². The summed E-state index contributed by atoms with van der Waals surface area (Å²) in [7, 11) is 0. The molecule has 1 heterocycles. The highest BCUT2D eigenvalue weighted by atomic mass is 32.2. The number of nitrogens with zero attached hydrogens (tertiary/aromatic N) is 3. The lowest BCUT2D eigenvalue weighted by Gasteiger charge is -2.11. The normalized spacial score (nSPS) is 11.3. The summed E-state index contributed by atoms with van der Waals surface area (Å²) in [5.41, 5.74) is 1.10. The van der Waals surface area contributed by atoms with Crippen LogP contribution in [-0.4, -0.2) is 27.6 Å². The van der Waals surface area contributed by atoms with Gasteiger partial charge in [-0.15, -0.1) is 10.2 Å². The van der Waals surface area contributed by atoms with Crippen molar-refractivity contribution in [3.05, 3.63) is 41.5 Å². The molecule has 2 aromatic rings. The molecule has 2 rings (SSSR count). The van der Waals surface area contributed by atoms with Crippen molar-refractivity contribution >= 4 is 11.8 Å². The topological polar surface area (TPSA) is 42.7 Å². The molecule has 6 heteroatoms. The van der Waals surface area contributed by atoms with Crippen molar-refractivity contribution in [3.8, 4) is 0 Å². The predicted molar refractivity (Wildman–Crippen MR) is 93.1 cm³/mol. The van der Waals surface area contributed by atoms with Crippen LogP contribution in [0.3, 0.4) is 0 Å². The summed E-state index contributed by atoms with van der Waals surface area (Å²) in [6.07, 6.45) is 3.96. The maximum absolute atomic E-state index is 12.8. The number of nitrogens with one attached hydrogen (secondary N) is 1. The average Bonchev–Trinajstić information content (AvgIpc) is 2.90. The zero-order chi connectivity index (χ0) is 16.7. The highest BCUT2D eigenvalue weighted by Gasteiger charge is 2.12. The standard InChI is InChI=1S/C17H25FN4S/c1-13(2)12-22-16(20-21-17(22)23-3)5-4-10-19-11-14-6-8-15(18)9-7-14/h6-9,13,19H,4-5,10-12H2,1-3H3. The first-order chi connectivity index (χ1) is 11.1. The second-order valence-electron chi connectivity index (χ2n) is 6.01. The van der Waals surface area contributed by atoms with Crippen molar-refractivity contribution in [2.24, 2.45) is 5.92 Å². The SMILES string of the molecule is CSc1nnc(CCCNCc2ccc(F)cc2)n1CC(C)C. The Balaban J connectivity index is 1.77. The predicted octanol–water partition coefficient (Wildman–Crippen LogP) is 3.52. The third-order valence-electron chi connectivity index (χ3n) is 3.52. The van der Waals surface area contributed by atoms with Gasteiger partial charge in [0, 0.05) is 19.5 Å². The largest absolute Gasteiger partial charge is 0.313 e. The Hall–Kier alpha value is -1.40. The Bertz CT molecular complexity index is 595. The Morgan fingerprint density at radius 3 is 2.61 bits per heavy atom. The van der Waals surface area contributed by atoms with Crippen LogP contribution >= 0.6 is 11.8 Å². The van der Waals surface area contributed by atoms with Crippen molar-refractivity contribution in [3.63, 3.8) is 0 Å². The minimum atomic E-state index is -0.192. The molecule has 1 aromatic carbocycles. The molecule has 0 spiro atoms. The number of rotatable bonds is 9. The number of hydrogen-bond acceptors (Lipinski definition) is 4. The zero-order valence-corrected chi connectivity index (χ0v) is 14.9. The van der Waals surface area contributed by atoms with Gasteiger partial charge in [-0.1, -0.05) is 37.7 Å². The fourth-order valence-corrected chi connectivity index (χ4v) is 2.93. The van der Waals surface area contributed by atoms with Crippen LogP contribution in [0.2, 0.25) is 0 Å². The molecule has 1 N–H and O–H groups in total. The zero-order valence-electron chi connectivity index (χ0n) is 14.1. The van der Waals surface area contributed by atoms with E-state index in [1.54, 1.807) is 11.8 Å². The van der Waals surface area contributed by atoms with Gasteiger partial charge < -0.3 is 9.88 Å². The van der Waals surface area contributed by atoms with E-state index in [1.807, 2.05) is 18.4 Å². The number of aromatic nitrogens is 3. The quantitative estimate of drug-likeness (QED) is 0.562. The molecule has 0 fully saturated rings. The average molecular weight is 336 g/mol. The van der Waals surface area contributed by atoms with E-state index in [2.05, 4.69) is 33.9 Å². The smallest absolute Gasteiger partial charge is 0.190 e. The maximum atomic E-state index is 12.8. The van der Waals surface area contributed by atoms with Gasteiger partial charge in [0.05, 0.1) is 0 Å². The monoisotopic (exact) mass is 336 g/mol. The highest BCUT2D eigenvalue weighted by Crippen LogP contribution is 2.16. The number of hydrogen-bond donors (Lipinski definition) is 1. The van der Waals surface area contributed by atoms with Crippen molar-refractivity contribution in [1.29, 1.82) is 0 Å². The number of benzene rings is 1. The van der Waals surface area contributed by atoms with Gasteiger partial charge in [0.15, 0.2) is 5.16 Å². The summed E-state index contributed by atoms with van der Waals surface area (Å²) in [5.74, 6) is 1.45. The molecule has 23 heavy (non-hydrogen) atoms. The maximum Gasteiger partial charge on any atom is 0.190 e. The first kappa shape index (κ1) is 17.9. The summed E-state index contributed by atoms with van der Waals surface area (Å²) in [6.45, 7) is 7.04. The second kappa shape index (κ2) is 9.03. The lowest BCUT2D eigenvalue weighted by Crippen LogP contribution is -2.17. The summed E-state index contributed by atoms with van der Waals surface area (Å²) < 4.78 is 15.1. The summed E-state index contributed by atoms with van der Waals surface area (Å²) in [4.78, 5) is 0. The van der Waals surface area contributed by atoms with E-state index in [0.717, 1.165) is 49.0 Å². The first-order valence-electron chi connectivity index (χ1n) is 8.01. The fraction of sp³-hybridized carbons (Fsp3) is 0.529. The molecule has 0 aliphatic heterocycles. The van der Waals surface area contributed by atoms with Gasteiger partial charge in [0.25, 0.3) is 0 Å². The van der Waals surface area contributed by atoms with Crippen molar-refractivity contribution in [2.75, 3.05) is 12.8 Å². The first-order valence-corrected chi connectivity index (χ1v) is 9.24. The molecule has 0 aliphatic rings. The van der Waals surface area contributed by atoms with E-state index in [-0.39, 0.29) is 5.82 Å². The van der Waals surface area contributed by atoms with Gasteiger partial charge in [0.1, 0.15) is 11.6 Å². The van der Waals surface area contributed by atoms with Crippen LogP contribution in [-0.2, 0) is 19.5 Å². The molecular weight excluding hydrogens is 311 g/mol. The summed E-state index contributed by atoms with van der Waals surface area (Å²) in [6, 6.07) is 6.61. The second-order valence-corrected chi connectivity index (χ2v) is 6.79. The minimum Gasteiger partial charge on any atom is -0.313 e. The Morgan fingerprint density at radius 1 is 1.22 bits per heavy atom. The van der Waals surface area contributed by atoms with Gasteiger partial charge in [-0.25, -0.2) is 4.39 Å². The van der Waals surface area contributed by atoms with Crippen molar-refractivity contribution < 1.29 is 4.39 Å². The lowest BCUT2D eigenvalue weighted by atomic mass is 10.2. The molecule has 0 saturated heterocycles. The molecule has 0 aliphatic carbocycles. The van der Waals surface area contributed by atoms with Crippen LogP contribution in [0.4, 0.5) is 4.39 Å². The molecule has 0 saturated carbocycles. The van der Waals surface area contributed by atoms with Gasteiger partial charge in [-0.3, -0.25) is 0 Å². The molecule has 0 unspecified atom stereocenters. The van der Waals surface area contributed by atoms with Gasteiger partial charge >= 0.3 is 0 Å². The van der Waals surface area contributed by atoms with Gasteiger partial charge in [-0.2, -0.15) is 0 Å². The van der Waals surface area contributed by atoms with Crippen LogP contribution in [0.25, 0.3) is 0 Å². The molecule has 0 amide bonds. The molecular formula is C17H25FN4S. The number of halogens is 1. The fourth-order valence-electron chi connectivity index (χ4n) is 2.41. The molecule has 0 radical (unpaired) electrons. The molecule has 0 bridgehead atoms. The van der Waals surface area contributed by atoms with E-state index in [0.29, 0.717) is 5.92 Å². The van der Waals surface area contributed by atoms with Crippen LogP contribution in [0, 0.1) is 11.7 Å². The summed E-state index contributed by atoms with van der Waals surface area (Å²) >= 11 is 1.64. The van der Waals surface area contributed by atoms with E-state index in [9.17, 15) is 4.39 Å². The Labute approximate surface area is 141 Å². The lowest BCUT2D eigenvalue weighted by molar-refractivity contribution is 0.475. The van der Waals surface area contributed by atoms with Crippen molar-refractivity contribution in [2.45, 2.75) is 44.9 Å². The molecule has 0 atom stereocenters. The van der Waals surface area contributed by atoms with Crippen molar-refractivity contribution in [1.82, 2.24) is 20.1 Å². The Kier molecular flexibility index (Phi) is 7.05.